The molecule has 0 radical (unpaired) electrons. The van der Waals surface area contributed by atoms with Crippen LogP contribution >= 0.6 is 11.6 Å². The quantitative estimate of drug-likeness (QED) is 0.882. The molecule has 5 nitrogen and oxygen atoms in total. The summed E-state index contributed by atoms with van der Waals surface area (Å²) in [5.41, 5.74) is 7.31. The van der Waals surface area contributed by atoms with Crippen molar-refractivity contribution >= 4 is 17.3 Å². The number of aromatic nitrogens is 4. The minimum atomic E-state index is 0.622. The number of hydrogen-bond acceptors (Lipinski definition) is 4. The van der Waals surface area contributed by atoms with Gasteiger partial charge in [0.1, 0.15) is 0 Å². The second-order valence-electron chi connectivity index (χ2n) is 6.06. The molecule has 0 amide bonds. The average molecular weight is 306 g/mol. The second kappa shape index (κ2) is 6.02. The van der Waals surface area contributed by atoms with E-state index in [1.807, 2.05) is 10.7 Å². The van der Waals surface area contributed by atoms with E-state index in [9.17, 15) is 0 Å². The Balaban J connectivity index is 1.85. The average Bonchev–Trinajstić information content (AvgIpc) is 2.89. The van der Waals surface area contributed by atoms with Crippen molar-refractivity contribution in [1.82, 2.24) is 20.2 Å². The highest BCUT2D eigenvalue weighted by atomic mass is 35.5. The largest absolute Gasteiger partial charge is 0.399 e. The van der Waals surface area contributed by atoms with E-state index in [-0.39, 0.29) is 0 Å². The zero-order valence-electron chi connectivity index (χ0n) is 12.2. The number of halogens is 1. The molecule has 2 unspecified atom stereocenters. The molecule has 1 aliphatic carbocycles. The summed E-state index contributed by atoms with van der Waals surface area (Å²) in [5, 5.41) is 12.7. The van der Waals surface area contributed by atoms with E-state index in [4.69, 9.17) is 17.3 Å². The molecule has 0 spiro atoms. The van der Waals surface area contributed by atoms with Gasteiger partial charge in [-0.05, 0) is 53.3 Å². The van der Waals surface area contributed by atoms with Crippen molar-refractivity contribution < 1.29 is 0 Å². The van der Waals surface area contributed by atoms with Gasteiger partial charge in [-0.3, -0.25) is 0 Å². The van der Waals surface area contributed by atoms with Crippen LogP contribution in [0.2, 0.25) is 5.02 Å². The molecular formula is C15H20ClN5. The van der Waals surface area contributed by atoms with Gasteiger partial charge < -0.3 is 5.73 Å². The van der Waals surface area contributed by atoms with Crippen LogP contribution in [-0.2, 0) is 6.54 Å². The van der Waals surface area contributed by atoms with E-state index >= 15 is 0 Å². The Morgan fingerprint density at radius 2 is 2.24 bits per heavy atom. The molecule has 1 heterocycles. The smallest absolute Gasteiger partial charge is 0.183 e. The Morgan fingerprint density at radius 1 is 1.38 bits per heavy atom. The van der Waals surface area contributed by atoms with E-state index in [0.29, 0.717) is 22.5 Å². The molecule has 2 N–H and O–H groups in total. The molecule has 0 aliphatic heterocycles. The zero-order valence-corrected chi connectivity index (χ0v) is 12.9. The first-order valence-corrected chi connectivity index (χ1v) is 7.83. The second-order valence-corrected chi connectivity index (χ2v) is 6.47. The molecule has 2 aromatic rings. The van der Waals surface area contributed by atoms with Gasteiger partial charge >= 0.3 is 0 Å². The Bertz CT molecular complexity index is 624. The molecule has 2 atom stereocenters. The van der Waals surface area contributed by atoms with Crippen LogP contribution in [-0.4, -0.2) is 20.2 Å². The third-order valence-electron chi connectivity index (χ3n) is 4.24. The first-order chi connectivity index (χ1) is 10.1. The molecular weight excluding hydrogens is 286 g/mol. The van der Waals surface area contributed by atoms with E-state index < -0.39 is 0 Å². The fourth-order valence-corrected chi connectivity index (χ4v) is 3.41. The van der Waals surface area contributed by atoms with E-state index in [0.717, 1.165) is 18.0 Å². The lowest BCUT2D eigenvalue weighted by molar-refractivity contribution is 0.249. The molecule has 1 aromatic carbocycles. The van der Waals surface area contributed by atoms with Gasteiger partial charge in [0, 0.05) is 17.8 Å². The Labute approximate surface area is 129 Å². The molecule has 0 saturated heterocycles. The van der Waals surface area contributed by atoms with Crippen LogP contribution in [0.4, 0.5) is 5.69 Å². The van der Waals surface area contributed by atoms with Crippen LogP contribution < -0.4 is 5.73 Å². The molecule has 1 fully saturated rings. The lowest BCUT2D eigenvalue weighted by Gasteiger charge is -2.26. The summed E-state index contributed by atoms with van der Waals surface area (Å²) in [6.45, 7) is 3.17. The summed E-state index contributed by atoms with van der Waals surface area (Å²) in [7, 11) is 0. The number of hydrogen-bond donors (Lipinski definition) is 1. The first kappa shape index (κ1) is 14.3. The van der Waals surface area contributed by atoms with Crippen molar-refractivity contribution in [3.05, 3.63) is 23.2 Å². The number of nitrogen functional groups attached to an aromatic ring is 1. The van der Waals surface area contributed by atoms with Crippen LogP contribution in [0.3, 0.4) is 0 Å². The predicted molar refractivity (Wildman–Crippen MR) is 83.8 cm³/mol. The van der Waals surface area contributed by atoms with E-state index in [2.05, 4.69) is 22.4 Å². The third kappa shape index (κ3) is 3.18. The third-order valence-corrected chi connectivity index (χ3v) is 4.57. The van der Waals surface area contributed by atoms with Crippen molar-refractivity contribution in [3.8, 4) is 11.4 Å². The molecule has 112 valence electrons. The van der Waals surface area contributed by atoms with Crippen LogP contribution in [0.25, 0.3) is 11.4 Å². The Kier molecular flexibility index (Phi) is 4.10. The van der Waals surface area contributed by atoms with Gasteiger partial charge in [-0.15, -0.1) is 5.10 Å². The summed E-state index contributed by atoms with van der Waals surface area (Å²) >= 11 is 6.26. The van der Waals surface area contributed by atoms with Gasteiger partial charge in [0.25, 0.3) is 0 Å². The zero-order chi connectivity index (χ0) is 14.8. The normalized spacial score (nSPS) is 22.4. The Morgan fingerprint density at radius 3 is 3.05 bits per heavy atom. The SMILES string of the molecule is CC1CCCC(Cn2nnnc2-c2cc(N)ccc2Cl)C1. The first-order valence-electron chi connectivity index (χ1n) is 7.45. The van der Waals surface area contributed by atoms with Gasteiger partial charge in [0.05, 0.1) is 5.02 Å². The van der Waals surface area contributed by atoms with Crippen LogP contribution in [0.5, 0.6) is 0 Å². The Hall–Kier alpha value is -1.62. The lowest BCUT2D eigenvalue weighted by Crippen LogP contribution is -2.19. The number of rotatable bonds is 3. The highest BCUT2D eigenvalue weighted by Crippen LogP contribution is 2.32. The lowest BCUT2D eigenvalue weighted by atomic mass is 9.82. The summed E-state index contributed by atoms with van der Waals surface area (Å²) in [6, 6.07) is 5.39. The van der Waals surface area contributed by atoms with Crippen molar-refractivity contribution in [2.24, 2.45) is 11.8 Å². The highest BCUT2D eigenvalue weighted by Gasteiger charge is 2.22. The topological polar surface area (TPSA) is 69.6 Å². The highest BCUT2D eigenvalue weighted by molar-refractivity contribution is 6.33. The maximum absolute atomic E-state index is 6.26. The summed E-state index contributed by atoms with van der Waals surface area (Å²) in [5.74, 6) is 2.13. The van der Waals surface area contributed by atoms with Crippen LogP contribution in [0.1, 0.15) is 32.6 Å². The van der Waals surface area contributed by atoms with Gasteiger partial charge in [0.2, 0.25) is 0 Å². The molecule has 1 aromatic heterocycles. The summed E-state index contributed by atoms with van der Waals surface area (Å²) < 4.78 is 1.86. The molecule has 3 rings (SSSR count). The van der Waals surface area contributed by atoms with Gasteiger partial charge in [-0.1, -0.05) is 31.4 Å². The van der Waals surface area contributed by atoms with Crippen molar-refractivity contribution in [2.45, 2.75) is 39.2 Å². The fourth-order valence-electron chi connectivity index (χ4n) is 3.20. The van der Waals surface area contributed by atoms with Gasteiger partial charge in [0.15, 0.2) is 5.82 Å². The summed E-state index contributed by atoms with van der Waals surface area (Å²) in [4.78, 5) is 0. The summed E-state index contributed by atoms with van der Waals surface area (Å²) in [6.07, 6.45) is 5.11. The predicted octanol–water partition coefficient (Wildman–Crippen LogP) is 3.40. The van der Waals surface area contributed by atoms with Crippen molar-refractivity contribution in [1.29, 1.82) is 0 Å². The van der Waals surface area contributed by atoms with E-state index in [1.54, 1.807) is 12.1 Å². The molecule has 1 saturated carbocycles. The number of nitrogens with two attached hydrogens (primary N) is 1. The molecule has 6 heteroatoms. The van der Waals surface area contributed by atoms with Gasteiger partial charge in [-0.2, -0.15) is 0 Å². The van der Waals surface area contributed by atoms with E-state index in [1.165, 1.54) is 25.7 Å². The number of benzene rings is 1. The monoisotopic (exact) mass is 305 g/mol. The fraction of sp³-hybridized carbons (Fsp3) is 0.533. The molecule has 21 heavy (non-hydrogen) atoms. The number of nitrogens with zero attached hydrogens (tertiary/aromatic N) is 4. The maximum atomic E-state index is 6.26. The molecule has 1 aliphatic rings. The van der Waals surface area contributed by atoms with Crippen molar-refractivity contribution in [3.63, 3.8) is 0 Å². The standard InChI is InChI=1S/C15H20ClN5/c1-10-3-2-4-11(7-10)9-21-15(18-19-20-21)13-8-12(17)5-6-14(13)16/h5-6,8,10-11H,2-4,7,9,17H2,1H3. The molecule has 0 bridgehead atoms. The minimum absolute atomic E-state index is 0.622. The number of tetrazole rings is 1. The number of anilines is 1. The van der Waals surface area contributed by atoms with Crippen molar-refractivity contribution in [2.75, 3.05) is 5.73 Å². The van der Waals surface area contributed by atoms with Crippen LogP contribution in [0, 0.1) is 11.8 Å². The van der Waals surface area contributed by atoms with Crippen LogP contribution in [0.15, 0.2) is 18.2 Å². The minimum Gasteiger partial charge on any atom is -0.399 e. The maximum Gasteiger partial charge on any atom is 0.183 e. The van der Waals surface area contributed by atoms with Gasteiger partial charge in [-0.25, -0.2) is 4.68 Å².